The van der Waals surface area contributed by atoms with Crippen molar-refractivity contribution in [2.24, 2.45) is 0 Å². The zero-order valence-corrected chi connectivity index (χ0v) is 23.0. The fourth-order valence-corrected chi connectivity index (χ4v) is 4.44. The van der Waals surface area contributed by atoms with Crippen molar-refractivity contribution in [2.75, 3.05) is 0 Å². The number of benzene rings is 2. The van der Waals surface area contributed by atoms with Crippen LogP contribution in [0.1, 0.15) is 126 Å². The van der Waals surface area contributed by atoms with Gasteiger partial charge in [0.15, 0.2) is 0 Å². The zero-order chi connectivity index (χ0) is 26.6. The van der Waals surface area contributed by atoms with Crippen LogP contribution in [0, 0.1) is 0 Å². The Morgan fingerprint density at radius 1 is 0.471 bits per heavy atom. The molecular weight excluding hydrogens is 424 g/mol. The van der Waals surface area contributed by atoms with Crippen LogP contribution in [0.3, 0.4) is 0 Å². The first-order valence-corrected chi connectivity index (χ1v) is 11.9. The second-order valence-electron chi connectivity index (χ2n) is 13.5. The molecule has 0 heterocycles. The van der Waals surface area contributed by atoms with Gasteiger partial charge in [0.25, 0.3) is 0 Å². The molecule has 0 spiro atoms. The molecule has 0 aliphatic rings. The van der Waals surface area contributed by atoms with Gasteiger partial charge in [-0.3, -0.25) is 0 Å². The van der Waals surface area contributed by atoms with Crippen LogP contribution in [-0.4, -0.2) is 22.2 Å². The normalized spacial score (nSPS) is 13.2. The molecule has 0 saturated carbocycles. The summed E-state index contributed by atoms with van der Waals surface area (Å²) >= 11 is 0. The van der Waals surface area contributed by atoms with Crippen LogP contribution in [0.2, 0.25) is 0 Å². The fourth-order valence-electron chi connectivity index (χ4n) is 4.44. The minimum atomic E-state index is -0.923. The quantitative estimate of drug-likeness (QED) is 0.481. The van der Waals surface area contributed by atoms with Gasteiger partial charge in [-0.25, -0.2) is 9.59 Å². The molecule has 2 N–H and O–H groups in total. The Balaban J connectivity index is 3.13. The highest BCUT2D eigenvalue weighted by atomic mass is 16.4. The third-order valence-electron chi connectivity index (χ3n) is 6.27. The maximum atomic E-state index is 12.4. The first-order valence-electron chi connectivity index (χ1n) is 11.9. The topological polar surface area (TPSA) is 74.6 Å². The van der Waals surface area contributed by atoms with E-state index < -0.39 is 11.9 Å². The molecular formula is C30H42O4. The molecule has 34 heavy (non-hydrogen) atoms. The number of hydrogen-bond donors (Lipinski definition) is 2. The highest BCUT2D eigenvalue weighted by Gasteiger charge is 2.33. The van der Waals surface area contributed by atoms with E-state index in [4.69, 9.17) is 0 Å². The van der Waals surface area contributed by atoms with Crippen molar-refractivity contribution in [3.63, 3.8) is 0 Å². The zero-order valence-electron chi connectivity index (χ0n) is 23.0. The predicted molar refractivity (Wildman–Crippen MR) is 141 cm³/mol. The molecule has 4 nitrogen and oxygen atoms in total. The smallest absolute Gasteiger partial charge is 0.336 e. The van der Waals surface area contributed by atoms with Gasteiger partial charge in [-0.1, -0.05) is 83.1 Å². The second kappa shape index (κ2) is 8.55. The number of hydrogen-bond acceptors (Lipinski definition) is 2. The van der Waals surface area contributed by atoms with Gasteiger partial charge in [0.05, 0.1) is 11.1 Å². The lowest BCUT2D eigenvalue weighted by molar-refractivity contribution is 0.0680. The van der Waals surface area contributed by atoms with Crippen molar-refractivity contribution < 1.29 is 19.8 Å². The van der Waals surface area contributed by atoms with Crippen LogP contribution >= 0.6 is 0 Å². The van der Waals surface area contributed by atoms with Crippen LogP contribution in [-0.2, 0) is 21.7 Å². The average Bonchev–Trinajstić information content (AvgIpc) is 2.62. The van der Waals surface area contributed by atoms with Gasteiger partial charge in [0.1, 0.15) is 0 Å². The Labute approximate surface area is 205 Å². The van der Waals surface area contributed by atoms with Gasteiger partial charge < -0.3 is 10.2 Å². The molecule has 0 saturated heterocycles. The lowest BCUT2D eigenvalue weighted by atomic mass is 9.72. The van der Waals surface area contributed by atoms with Crippen molar-refractivity contribution in [2.45, 2.75) is 105 Å². The summed E-state index contributed by atoms with van der Waals surface area (Å²) in [7, 11) is 0. The number of rotatable bonds is 3. The van der Waals surface area contributed by atoms with Gasteiger partial charge in [0, 0.05) is 0 Å². The lowest BCUT2D eigenvalue weighted by Crippen LogP contribution is -2.25. The first kappa shape index (κ1) is 27.6. The Morgan fingerprint density at radius 2 is 0.647 bits per heavy atom. The standard InChI is InChI=1S/C30H42O4/c1-27(2,3)19-13-17(14-20(28(4,5)6)23(19)25(31)32)18-15-21(29(7,8)9)24(26(33)34)22(16-18)30(10,11)12/h13-16H,1-12H3,(H,31,32)(H,33,34). The molecule has 0 bridgehead atoms. The summed E-state index contributed by atoms with van der Waals surface area (Å²) in [6.45, 7) is 24.3. The summed E-state index contributed by atoms with van der Waals surface area (Å²) in [5, 5.41) is 20.3. The predicted octanol–water partition coefficient (Wildman–Crippen LogP) is 7.94. The van der Waals surface area contributed by atoms with Crippen molar-refractivity contribution in [3.8, 4) is 11.1 Å². The second-order valence-corrected chi connectivity index (χ2v) is 13.5. The highest BCUT2D eigenvalue weighted by molar-refractivity contribution is 5.95. The van der Waals surface area contributed by atoms with Crippen LogP contribution < -0.4 is 0 Å². The summed E-state index contributed by atoms with van der Waals surface area (Å²) in [6, 6.07) is 7.92. The number of carbonyl (C=O) groups is 2. The van der Waals surface area contributed by atoms with Gasteiger partial charge in [-0.05, 0) is 79.3 Å². The Kier molecular flexibility index (Phi) is 6.95. The van der Waals surface area contributed by atoms with Gasteiger partial charge in [-0.2, -0.15) is 0 Å². The van der Waals surface area contributed by atoms with E-state index in [-0.39, 0.29) is 21.7 Å². The third kappa shape index (κ3) is 5.54. The molecule has 186 valence electrons. The van der Waals surface area contributed by atoms with Gasteiger partial charge >= 0.3 is 11.9 Å². The van der Waals surface area contributed by atoms with Gasteiger partial charge in [-0.15, -0.1) is 0 Å². The minimum absolute atomic E-state index is 0.359. The highest BCUT2D eigenvalue weighted by Crippen LogP contribution is 2.42. The van der Waals surface area contributed by atoms with E-state index in [0.29, 0.717) is 11.1 Å². The maximum Gasteiger partial charge on any atom is 0.336 e. The number of aromatic carboxylic acids is 2. The van der Waals surface area contributed by atoms with Crippen LogP contribution in [0.15, 0.2) is 24.3 Å². The van der Waals surface area contributed by atoms with E-state index in [1.54, 1.807) is 0 Å². The van der Waals surface area contributed by atoms with E-state index in [0.717, 1.165) is 33.4 Å². The van der Waals surface area contributed by atoms with E-state index >= 15 is 0 Å². The molecule has 2 rings (SSSR count). The molecule has 0 aliphatic heterocycles. The summed E-state index contributed by atoms with van der Waals surface area (Å²) in [5.74, 6) is -1.85. The van der Waals surface area contributed by atoms with Crippen molar-refractivity contribution >= 4 is 11.9 Å². The van der Waals surface area contributed by atoms with Crippen LogP contribution in [0.25, 0.3) is 11.1 Å². The number of carboxylic acid groups (broad SMARTS) is 2. The SMILES string of the molecule is CC(C)(C)c1cc(-c2cc(C(C)(C)C)c(C(=O)O)c(C(C)(C)C)c2)cc(C(C)(C)C)c1C(=O)O. The summed E-state index contributed by atoms with van der Waals surface area (Å²) < 4.78 is 0. The molecule has 4 heteroatoms. The summed E-state index contributed by atoms with van der Waals surface area (Å²) in [6.07, 6.45) is 0. The fraction of sp³-hybridized carbons (Fsp3) is 0.533. The summed E-state index contributed by atoms with van der Waals surface area (Å²) in [4.78, 5) is 24.8. The largest absolute Gasteiger partial charge is 0.478 e. The molecule has 2 aromatic carbocycles. The Morgan fingerprint density at radius 3 is 0.765 bits per heavy atom. The van der Waals surface area contributed by atoms with Crippen molar-refractivity contribution in [1.29, 1.82) is 0 Å². The Bertz CT molecular complexity index is 963. The molecule has 2 aromatic rings. The van der Waals surface area contributed by atoms with Crippen molar-refractivity contribution in [1.82, 2.24) is 0 Å². The maximum absolute atomic E-state index is 12.4. The molecule has 0 radical (unpaired) electrons. The lowest BCUT2D eigenvalue weighted by Gasteiger charge is -2.31. The van der Waals surface area contributed by atoms with Gasteiger partial charge in [0.2, 0.25) is 0 Å². The molecule has 0 fully saturated rings. The average molecular weight is 467 g/mol. The van der Waals surface area contributed by atoms with E-state index in [2.05, 4.69) is 0 Å². The Hall–Kier alpha value is -2.62. The van der Waals surface area contributed by atoms with E-state index in [1.807, 2.05) is 107 Å². The van der Waals surface area contributed by atoms with Crippen LogP contribution in [0.5, 0.6) is 0 Å². The van der Waals surface area contributed by atoms with Crippen LogP contribution in [0.4, 0.5) is 0 Å². The first-order chi connectivity index (χ1) is 15.1. The van der Waals surface area contributed by atoms with E-state index in [9.17, 15) is 19.8 Å². The molecule has 0 amide bonds. The summed E-state index contributed by atoms with van der Waals surface area (Å²) in [5.41, 5.74) is 4.11. The molecule has 0 unspecified atom stereocenters. The molecule has 0 aliphatic carbocycles. The minimum Gasteiger partial charge on any atom is -0.478 e. The monoisotopic (exact) mass is 466 g/mol. The van der Waals surface area contributed by atoms with E-state index in [1.165, 1.54) is 0 Å². The molecule has 0 aromatic heterocycles. The number of carboxylic acids is 2. The molecule has 0 atom stereocenters. The third-order valence-corrected chi connectivity index (χ3v) is 6.27. The van der Waals surface area contributed by atoms with Crippen molar-refractivity contribution in [3.05, 3.63) is 57.6 Å².